The molecular formula is C23H35N3O4. The maximum Gasteiger partial charge on any atom is 0.437 e. The number of hydrogen-bond acceptors (Lipinski definition) is 4. The van der Waals surface area contributed by atoms with Gasteiger partial charge >= 0.3 is 12.2 Å². The zero-order chi connectivity index (χ0) is 22.4. The molecular weight excluding hydrogens is 382 g/mol. The molecule has 2 amide bonds. The van der Waals surface area contributed by atoms with Crippen molar-refractivity contribution < 1.29 is 19.1 Å². The van der Waals surface area contributed by atoms with Crippen LogP contribution in [0.25, 0.3) is 0 Å². The molecule has 166 valence electrons. The molecule has 7 nitrogen and oxygen atoms in total. The molecule has 2 rings (SSSR count). The molecule has 1 aromatic rings. The molecule has 1 N–H and O–H groups in total. The third kappa shape index (κ3) is 8.84. The Balaban J connectivity index is 2.04. The maximum atomic E-state index is 12.3. The average molecular weight is 418 g/mol. The number of rotatable bonds is 2. The fourth-order valence-corrected chi connectivity index (χ4v) is 3.24. The van der Waals surface area contributed by atoms with Gasteiger partial charge in [0.05, 0.1) is 0 Å². The molecule has 0 aromatic heterocycles. The molecule has 0 atom stereocenters. The minimum Gasteiger partial charge on any atom is -0.444 e. The van der Waals surface area contributed by atoms with E-state index >= 15 is 0 Å². The van der Waals surface area contributed by atoms with Gasteiger partial charge in [-0.3, -0.25) is 5.32 Å². The molecule has 7 heteroatoms. The zero-order valence-electron chi connectivity index (χ0n) is 19.0. The number of carbonyl (C=O) groups excluding carboxylic acids is 2. The molecule has 1 heterocycles. The van der Waals surface area contributed by atoms with E-state index in [4.69, 9.17) is 9.47 Å². The molecule has 1 aliphatic rings. The molecule has 30 heavy (non-hydrogen) atoms. The second kappa shape index (κ2) is 9.96. The van der Waals surface area contributed by atoms with Crippen LogP contribution < -0.4 is 5.32 Å². The summed E-state index contributed by atoms with van der Waals surface area (Å²) in [6.45, 7) is 12.1. The number of piperidine rings is 1. The van der Waals surface area contributed by atoms with Crippen LogP contribution in [-0.2, 0) is 15.9 Å². The van der Waals surface area contributed by atoms with Crippen LogP contribution in [0.4, 0.5) is 9.59 Å². The van der Waals surface area contributed by atoms with Crippen molar-refractivity contribution in [1.29, 1.82) is 0 Å². The van der Waals surface area contributed by atoms with Gasteiger partial charge in [0.2, 0.25) is 5.96 Å². The van der Waals surface area contributed by atoms with Crippen LogP contribution >= 0.6 is 0 Å². The second-order valence-corrected chi connectivity index (χ2v) is 9.66. The van der Waals surface area contributed by atoms with Crippen molar-refractivity contribution in [2.75, 3.05) is 13.1 Å². The van der Waals surface area contributed by atoms with Gasteiger partial charge in [-0.1, -0.05) is 30.3 Å². The number of guanidine groups is 1. The van der Waals surface area contributed by atoms with Crippen LogP contribution in [0.2, 0.25) is 0 Å². The molecule has 0 unspecified atom stereocenters. The van der Waals surface area contributed by atoms with Crippen LogP contribution in [0.15, 0.2) is 35.3 Å². The minimum absolute atomic E-state index is 0.177. The number of aliphatic imine (C=N–C) groups is 1. The first-order chi connectivity index (χ1) is 13.9. The SMILES string of the molecule is CC(C)(C)OC(=O)/N=C(/NC(=O)OC(C)(C)C)N1CCC(Cc2ccccc2)CC1. The molecule has 0 bridgehead atoms. The van der Waals surface area contributed by atoms with E-state index in [1.807, 2.05) is 11.0 Å². The summed E-state index contributed by atoms with van der Waals surface area (Å²) in [5.41, 5.74) is 0.00912. The van der Waals surface area contributed by atoms with Crippen molar-refractivity contribution >= 4 is 18.1 Å². The van der Waals surface area contributed by atoms with E-state index in [1.165, 1.54) is 5.56 Å². The number of alkyl carbamates (subject to hydrolysis) is 1. The summed E-state index contributed by atoms with van der Waals surface area (Å²) in [6, 6.07) is 10.4. The van der Waals surface area contributed by atoms with Gasteiger partial charge in [-0.05, 0) is 72.3 Å². The molecule has 0 radical (unpaired) electrons. The first kappa shape index (κ1) is 23.7. The summed E-state index contributed by atoms with van der Waals surface area (Å²) in [6.07, 6.45) is 1.53. The Labute approximate surface area is 179 Å². The van der Waals surface area contributed by atoms with Crippen molar-refractivity contribution in [3.05, 3.63) is 35.9 Å². The van der Waals surface area contributed by atoms with Crippen molar-refractivity contribution in [3.8, 4) is 0 Å². The van der Waals surface area contributed by atoms with Crippen LogP contribution in [0.1, 0.15) is 59.9 Å². The summed E-state index contributed by atoms with van der Waals surface area (Å²) in [7, 11) is 0. The largest absolute Gasteiger partial charge is 0.444 e. The smallest absolute Gasteiger partial charge is 0.437 e. The van der Waals surface area contributed by atoms with E-state index in [-0.39, 0.29) is 5.96 Å². The van der Waals surface area contributed by atoms with Gasteiger partial charge < -0.3 is 14.4 Å². The average Bonchev–Trinajstić information content (AvgIpc) is 2.59. The number of carbonyl (C=O) groups is 2. The molecule has 0 aliphatic carbocycles. The lowest BCUT2D eigenvalue weighted by molar-refractivity contribution is 0.0552. The highest BCUT2D eigenvalue weighted by Gasteiger charge is 2.26. The van der Waals surface area contributed by atoms with E-state index in [0.29, 0.717) is 19.0 Å². The molecule has 1 aliphatic heterocycles. The number of likely N-dealkylation sites (tertiary alicyclic amines) is 1. The van der Waals surface area contributed by atoms with Crippen LogP contribution in [0.5, 0.6) is 0 Å². The Bertz CT molecular complexity index is 740. The molecule has 1 saturated heterocycles. The van der Waals surface area contributed by atoms with Crippen molar-refractivity contribution in [2.24, 2.45) is 10.9 Å². The summed E-state index contributed by atoms with van der Waals surface area (Å²) in [4.78, 5) is 30.5. The predicted molar refractivity (Wildman–Crippen MR) is 117 cm³/mol. The molecule has 1 aromatic carbocycles. The fourth-order valence-electron chi connectivity index (χ4n) is 3.24. The van der Waals surface area contributed by atoms with Crippen molar-refractivity contribution in [2.45, 2.75) is 72.0 Å². The summed E-state index contributed by atoms with van der Waals surface area (Å²) >= 11 is 0. The first-order valence-corrected chi connectivity index (χ1v) is 10.5. The summed E-state index contributed by atoms with van der Waals surface area (Å²) in [5.74, 6) is 0.726. The van der Waals surface area contributed by atoms with Gasteiger partial charge in [0.15, 0.2) is 0 Å². The topological polar surface area (TPSA) is 80.2 Å². The van der Waals surface area contributed by atoms with Gasteiger partial charge in [-0.25, -0.2) is 9.59 Å². The standard InChI is InChI=1S/C23H35N3O4/c1-22(2,3)29-20(27)24-19(25-21(28)30-23(4,5)6)26-14-12-18(13-15-26)16-17-10-8-7-9-11-17/h7-11,18H,12-16H2,1-6H3,(H,24,25,27,28). The van der Waals surface area contributed by atoms with E-state index in [2.05, 4.69) is 34.6 Å². The van der Waals surface area contributed by atoms with Gasteiger partial charge in [0.1, 0.15) is 11.2 Å². The maximum absolute atomic E-state index is 12.3. The highest BCUT2D eigenvalue weighted by atomic mass is 16.6. The number of benzene rings is 1. The molecule has 0 saturated carbocycles. The number of nitrogens with zero attached hydrogens (tertiary/aromatic N) is 2. The fraction of sp³-hybridized carbons (Fsp3) is 0.609. The zero-order valence-corrected chi connectivity index (χ0v) is 19.0. The highest BCUT2D eigenvalue weighted by Crippen LogP contribution is 2.22. The number of nitrogens with one attached hydrogen (secondary N) is 1. The monoisotopic (exact) mass is 417 g/mol. The number of hydrogen-bond donors (Lipinski definition) is 1. The van der Waals surface area contributed by atoms with E-state index in [9.17, 15) is 9.59 Å². The van der Waals surface area contributed by atoms with Gasteiger partial charge in [0.25, 0.3) is 0 Å². The lowest BCUT2D eigenvalue weighted by Gasteiger charge is -2.34. The van der Waals surface area contributed by atoms with Crippen molar-refractivity contribution in [3.63, 3.8) is 0 Å². The Hall–Kier alpha value is -2.57. The van der Waals surface area contributed by atoms with Crippen LogP contribution in [0.3, 0.4) is 0 Å². The first-order valence-electron chi connectivity index (χ1n) is 10.5. The normalized spacial score (nSPS) is 16.2. The lowest BCUT2D eigenvalue weighted by Crippen LogP contribution is -2.49. The van der Waals surface area contributed by atoms with Crippen LogP contribution in [0, 0.1) is 5.92 Å². The quantitative estimate of drug-likeness (QED) is 0.554. The predicted octanol–water partition coefficient (Wildman–Crippen LogP) is 4.76. The molecule has 0 spiro atoms. The summed E-state index contributed by atoms with van der Waals surface area (Å²) < 4.78 is 10.6. The van der Waals surface area contributed by atoms with E-state index in [0.717, 1.165) is 19.3 Å². The van der Waals surface area contributed by atoms with E-state index < -0.39 is 23.4 Å². The second-order valence-electron chi connectivity index (χ2n) is 9.66. The lowest BCUT2D eigenvalue weighted by atomic mass is 9.90. The number of amides is 2. The van der Waals surface area contributed by atoms with Crippen LogP contribution in [-0.4, -0.2) is 47.3 Å². The summed E-state index contributed by atoms with van der Waals surface area (Å²) in [5, 5.41) is 2.64. The van der Waals surface area contributed by atoms with Gasteiger partial charge in [0, 0.05) is 13.1 Å². The van der Waals surface area contributed by atoms with E-state index in [1.54, 1.807) is 41.5 Å². The Morgan fingerprint density at radius 3 is 2.10 bits per heavy atom. The Morgan fingerprint density at radius 1 is 1.00 bits per heavy atom. The van der Waals surface area contributed by atoms with Gasteiger partial charge in [-0.15, -0.1) is 4.99 Å². The minimum atomic E-state index is -0.736. The third-order valence-corrected chi connectivity index (χ3v) is 4.48. The molecule has 1 fully saturated rings. The van der Waals surface area contributed by atoms with Gasteiger partial charge in [-0.2, -0.15) is 0 Å². The Kier molecular flexibility index (Phi) is 7.87. The van der Waals surface area contributed by atoms with Crippen molar-refractivity contribution in [1.82, 2.24) is 10.2 Å². The Morgan fingerprint density at radius 2 is 1.57 bits per heavy atom. The number of ether oxygens (including phenoxy) is 2. The highest BCUT2D eigenvalue weighted by molar-refractivity contribution is 5.98. The third-order valence-electron chi connectivity index (χ3n) is 4.48.